The summed E-state index contributed by atoms with van der Waals surface area (Å²) in [6.07, 6.45) is 1.90. The fourth-order valence-corrected chi connectivity index (χ4v) is 2.16. The molecule has 1 aromatic rings. The van der Waals surface area contributed by atoms with Crippen molar-refractivity contribution in [2.24, 2.45) is 5.92 Å². The molecule has 0 radical (unpaired) electrons. The summed E-state index contributed by atoms with van der Waals surface area (Å²) in [6.45, 7) is 3.30. The lowest BCUT2D eigenvalue weighted by Crippen LogP contribution is -2.25. The van der Waals surface area contributed by atoms with E-state index in [1.54, 1.807) is 7.11 Å². The van der Waals surface area contributed by atoms with Gasteiger partial charge in [-0.15, -0.1) is 0 Å². The summed E-state index contributed by atoms with van der Waals surface area (Å²) in [5.74, 6) is 0.951. The Hall–Kier alpha value is -1.35. The van der Waals surface area contributed by atoms with E-state index in [4.69, 9.17) is 9.47 Å². The van der Waals surface area contributed by atoms with Gasteiger partial charge >= 0.3 is 0 Å². The molecule has 3 nitrogen and oxygen atoms in total. The van der Waals surface area contributed by atoms with Crippen LogP contribution < -0.4 is 4.74 Å². The molecule has 0 aliphatic carbocycles. The van der Waals surface area contributed by atoms with E-state index in [0.717, 1.165) is 36.3 Å². The maximum atomic E-state index is 12.2. The third kappa shape index (κ3) is 2.67. The molecule has 0 N–H and O–H groups in total. The Morgan fingerprint density at radius 3 is 2.94 bits per heavy atom. The molecule has 1 saturated heterocycles. The lowest BCUT2D eigenvalue weighted by Gasteiger charge is -2.21. The summed E-state index contributed by atoms with van der Waals surface area (Å²) in [4.78, 5) is 12.2. The number of methoxy groups -OCH3 is 1. The highest BCUT2D eigenvalue weighted by Gasteiger charge is 2.23. The molecule has 1 atom stereocenters. The van der Waals surface area contributed by atoms with Gasteiger partial charge in [-0.05, 0) is 31.4 Å². The standard InChI is InChI=1S/C14H18O3/c1-10-5-6-11(8-13(10)16-2)14(15)12-4-3-7-17-9-12/h5-6,8,12H,3-4,7,9H2,1-2H3. The molecule has 0 spiro atoms. The van der Waals surface area contributed by atoms with Crippen molar-refractivity contribution in [2.45, 2.75) is 19.8 Å². The average Bonchev–Trinajstić information content (AvgIpc) is 2.39. The molecule has 1 unspecified atom stereocenters. The van der Waals surface area contributed by atoms with E-state index in [0.29, 0.717) is 6.61 Å². The second-order valence-corrected chi connectivity index (χ2v) is 4.46. The first-order chi connectivity index (χ1) is 8.22. The molecular formula is C14H18O3. The monoisotopic (exact) mass is 234 g/mol. The minimum atomic E-state index is 0.0103. The first-order valence-electron chi connectivity index (χ1n) is 5.99. The Balaban J connectivity index is 2.18. The third-order valence-corrected chi connectivity index (χ3v) is 3.22. The highest BCUT2D eigenvalue weighted by molar-refractivity contribution is 5.98. The predicted octanol–water partition coefficient (Wildman–Crippen LogP) is 2.61. The van der Waals surface area contributed by atoms with Gasteiger partial charge in [-0.25, -0.2) is 0 Å². The molecule has 1 aliphatic rings. The van der Waals surface area contributed by atoms with Crippen molar-refractivity contribution < 1.29 is 14.3 Å². The van der Waals surface area contributed by atoms with E-state index >= 15 is 0 Å². The Morgan fingerprint density at radius 1 is 1.47 bits per heavy atom. The van der Waals surface area contributed by atoms with Crippen LogP contribution in [0.2, 0.25) is 0 Å². The van der Waals surface area contributed by atoms with Gasteiger partial charge < -0.3 is 9.47 Å². The molecule has 0 saturated carbocycles. The molecule has 17 heavy (non-hydrogen) atoms. The van der Waals surface area contributed by atoms with Crippen molar-refractivity contribution in [3.63, 3.8) is 0 Å². The van der Waals surface area contributed by atoms with Gasteiger partial charge in [-0.2, -0.15) is 0 Å². The van der Waals surface area contributed by atoms with Crippen LogP contribution in [0.25, 0.3) is 0 Å². The normalized spacial score (nSPS) is 20.0. The van der Waals surface area contributed by atoms with E-state index < -0.39 is 0 Å². The first-order valence-corrected chi connectivity index (χ1v) is 5.99. The van der Waals surface area contributed by atoms with Crippen LogP contribution in [0.5, 0.6) is 5.75 Å². The summed E-state index contributed by atoms with van der Waals surface area (Å²) in [6, 6.07) is 5.62. The molecule has 3 heteroatoms. The van der Waals surface area contributed by atoms with Crippen LogP contribution in [0.1, 0.15) is 28.8 Å². The number of carbonyl (C=O) groups excluding carboxylic acids is 1. The molecular weight excluding hydrogens is 216 g/mol. The van der Waals surface area contributed by atoms with Gasteiger partial charge in [0.05, 0.1) is 13.7 Å². The van der Waals surface area contributed by atoms with Gasteiger partial charge in [0, 0.05) is 18.1 Å². The van der Waals surface area contributed by atoms with Crippen LogP contribution in [0, 0.1) is 12.8 Å². The predicted molar refractivity (Wildman–Crippen MR) is 65.6 cm³/mol. The fourth-order valence-electron chi connectivity index (χ4n) is 2.16. The number of carbonyl (C=O) groups is 1. The van der Waals surface area contributed by atoms with Crippen LogP contribution in [0.15, 0.2) is 18.2 Å². The number of ether oxygens (including phenoxy) is 2. The summed E-state index contributed by atoms with van der Waals surface area (Å²) < 4.78 is 10.6. The van der Waals surface area contributed by atoms with E-state index in [1.165, 1.54) is 0 Å². The summed E-state index contributed by atoms with van der Waals surface area (Å²) in [5, 5.41) is 0. The molecule has 0 aromatic heterocycles. The molecule has 1 fully saturated rings. The van der Waals surface area contributed by atoms with Crippen molar-refractivity contribution in [2.75, 3.05) is 20.3 Å². The summed E-state index contributed by atoms with van der Waals surface area (Å²) in [7, 11) is 1.63. The van der Waals surface area contributed by atoms with Crippen molar-refractivity contribution in [3.05, 3.63) is 29.3 Å². The Bertz CT molecular complexity index is 406. The minimum absolute atomic E-state index is 0.0103. The number of Topliss-reactive ketones (excluding diaryl/α,β-unsaturated/α-hetero) is 1. The van der Waals surface area contributed by atoms with Gasteiger partial charge in [0.2, 0.25) is 0 Å². The van der Waals surface area contributed by atoms with Gasteiger partial charge in [0.15, 0.2) is 5.78 Å². The van der Waals surface area contributed by atoms with Crippen LogP contribution in [0.3, 0.4) is 0 Å². The number of ketones is 1. The van der Waals surface area contributed by atoms with E-state index in [1.807, 2.05) is 25.1 Å². The smallest absolute Gasteiger partial charge is 0.168 e. The lowest BCUT2D eigenvalue weighted by atomic mass is 9.92. The second kappa shape index (κ2) is 5.32. The SMILES string of the molecule is COc1cc(C(=O)C2CCCOC2)ccc1C. The van der Waals surface area contributed by atoms with E-state index in [2.05, 4.69) is 0 Å². The Labute approximate surface area is 102 Å². The fraction of sp³-hybridized carbons (Fsp3) is 0.500. The molecule has 1 aliphatic heterocycles. The molecule has 0 amide bonds. The van der Waals surface area contributed by atoms with Crippen molar-refractivity contribution in [1.82, 2.24) is 0 Å². The minimum Gasteiger partial charge on any atom is -0.496 e. The van der Waals surface area contributed by atoms with Crippen molar-refractivity contribution in [1.29, 1.82) is 0 Å². The van der Waals surface area contributed by atoms with Crippen LogP contribution in [-0.2, 0) is 4.74 Å². The lowest BCUT2D eigenvalue weighted by molar-refractivity contribution is 0.0461. The molecule has 0 bridgehead atoms. The molecule has 1 aromatic carbocycles. The zero-order valence-corrected chi connectivity index (χ0v) is 10.4. The molecule has 2 rings (SSSR count). The van der Waals surface area contributed by atoms with Crippen LogP contribution >= 0.6 is 0 Å². The number of benzene rings is 1. The zero-order valence-electron chi connectivity index (χ0n) is 10.4. The van der Waals surface area contributed by atoms with Gasteiger partial charge in [0.25, 0.3) is 0 Å². The highest BCUT2D eigenvalue weighted by atomic mass is 16.5. The van der Waals surface area contributed by atoms with Gasteiger partial charge in [-0.1, -0.05) is 12.1 Å². The Morgan fingerprint density at radius 2 is 2.29 bits per heavy atom. The molecule has 1 heterocycles. The van der Waals surface area contributed by atoms with Crippen molar-refractivity contribution in [3.8, 4) is 5.75 Å². The van der Waals surface area contributed by atoms with E-state index in [9.17, 15) is 4.79 Å². The number of aryl methyl sites for hydroxylation is 1. The molecule has 92 valence electrons. The van der Waals surface area contributed by atoms with Gasteiger partial charge in [0.1, 0.15) is 5.75 Å². The maximum absolute atomic E-state index is 12.2. The first kappa shape index (κ1) is 12.1. The average molecular weight is 234 g/mol. The topological polar surface area (TPSA) is 35.5 Å². The summed E-state index contributed by atoms with van der Waals surface area (Å²) >= 11 is 0. The number of hydrogen-bond donors (Lipinski definition) is 0. The summed E-state index contributed by atoms with van der Waals surface area (Å²) in [5.41, 5.74) is 1.77. The number of hydrogen-bond acceptors (Lipinski definition) is 3. The largest absolute Gasteiger partial charge is 0.496 e. The quantitative estimate of drug-likeness (QED) is 0.754. The van der Waals surface area contributed by atoms with Crippen LogP contribution in [-0.4, -0.2) is 26.1 Å². The third-order valence-electron chi connectivity index (χ3n) is 3.22. The van der Waals surface area contributed by atoms with E-state index in [-0.39, 0.29) is 11.7 Å². The number of rotatable bonds is 3. The van der Waals surface area contributed by atoms with Crippen LogP contribution in [0.4, 0.5) is 0 Å². The van der Waals surface area contributed by atoms with Gasteiger partial charge in [-0.3, -0.25) is 4.79 Å². The second-order valence-electron chi connectivity index (χ2n) is 4.46. The van der Waals surface area contributed by atoms with Crippen molar-refractivity contribution >= 4 is 5.78 Å². The Kier molecular flexibility index (Phi) is 3.79. The maximum Gasteiger partial charge on any atom is 0.168 e. The highest BCUT2D eigenvalue weighted by Crippen LogP contribution is 2.24. The zero-order chi connectivity index (χ0) is 12.3.